The van der Waals surface area contributed by atoms with Crippen LogP contribution in [0.1, 0.15) is 36.1 Å². The maximum atomic E-state index is 9.12. The second-order valence-corrected chi connectivity index (χ2v) is 6.40. The lowest BCUT2D eigenvalue weighted by atomic mass is 10.2. The maximum Gasteiger partial charge on any atom is 0.122 e. The predicted octanol–water partition coefficient (Wildman–Crippen LogP) is 3.38. The fraction of sp³-hybridized carbons (Fsp3) is 0.471. The van der Waals surface area contributed by atoms with Gasteiger partial charge < -0.3 is 14.7 Å². The molecule has 1 unspecified atom stereocenters. The van der Waals surface area contributed by atoms with E-state index in [1.807, 2.05) is 18.2 Å². The number of nitrogens with zero attached hydrogens (tertiary/aromatic N) is 2. The summed E-state index contributed by atoms with van der Waals surface area (Å²) in [5.74, 6) is 0. The molecule has 2 aromatic rings. The Balaban J connectivity index is 1.70. The van der Waals surface area contributed by atoms with Gasteiger partial charge in [-0.3, -0.25) is 0 Å². The van der Waals surface area contributed by atoms with E-state index in [1.165, 1.54) is 5.69 Å². The fourth-order valence-corrected chi connectivity index (χ4v) is 3.60. The van der Waals surface area contributed by atoms with Gasteiger partial charge >= 0.3 is 0 Å². The number of benzene rings is 1. The van der Waals surface area contributed by atoms with E-state index < -0.39 is 0 Å². The summed E-state index contributed by atoms with van der Waals surface area (Å²) in [6.45, 7) is 2.66. The van der Waals surface area contributed by atoms with Gasteiger partial charge in [0, 0.05) is 30.8 Å². The molecule has 2 heterocycles. The zero-order valence-electron chi connectivity index (χ0n) is 12.6. The Hall–Kier alpha value is -1.43. The molecule has 22 heavy (non-hydrogen) atoms. The number of ether oxygens (including phenoxy) is 1. The average Bonchev–Trinajstić information content (AvgIpc) is 3.23. The number of aromatic nitrogens is 1. The molecule has 118 valence electrons. The van der Waals surface area contributed by atoms with Crippen molar-refractivity contribution in [3.8, 4) is 0 Å². The molecule has 1 aromatic carbocycles. The van der Waals surface area contributed by atoms with Crippen LogP contribution < -0.4 is 4.90 Å². The van der Waals surface area contributed by atoms with E-state index in [0.29, 0.717) is 0 Å². The van der Waals surface area contributed by atoms with E-state index in [0.717, 1.165) is 49.7 Å². The molecule has 1 aromatic heterocycles. The lowest BCUT2D eigenvalue weighted by Gasteiger charge is -2.23. The van der Waals surface area contributed by atoms with E-state index in [1.54, 1.807) is 11.3 Å². The van der Waals surface area contributed by atoms with Gasteiger partial charge in [0.1, 0.15) is 11.1 Å². The van der Waals surface area contributed by atoms with Crippen LogP contribution in [-0.4, -0.2) is 29.8 Å². The minimum Gasteiger partial charge on any atom is -0.396 e. The smallest absolute Gasteiger partial charge is 0.122 e. The lowest BCUT2D eigenvalue weighted by Crippen LogP contribution is -2.24. The second kappa shape index (κ2) is 7.72. The van der Waals surface area contributed by atoms with Gasteiger partial charge in [0.15, 0.2) is 0 Å². The maximum absolute atomic E-state index is 9.12. The third-order valence-corrected chi connectivity index (χ3v) is 4.82. The summed E-state index contributed by atoms with van der Waals surface area (Å²) < 4.78 is 5.71. The quantitative estimate of drug-likeness (QED) is 0.850. The van der Waals surface area contributed by atoms with Crippen LogP contribution in [0.5, 0.6) is 0 Å². The molecule has 0 bridgehead atoms. The Morgan fingerprint density at radius 1 is 1.32 bits per heavy atom. The highest BCUT2D eigenvalue weighted by Crippen LogP contribution is 2.31. The number of hydrogen-bond acceptors (Lipinski definition) is 5. The second-order valence-electron chi connectivity index (χ2n) is 5.51. The molecule has 1 aliphatic rings. The van der Waals surface area contributed by atoms with Crippen LogP contribution in [-0.2, 0) is 11.3 Å². The third-order valence-electron chi connectivity index (χ3n) is 3.83. The van der Waals surface area contributed by atoms with Crippen molar-refractivity contribution in [1.29, 1.82) is 0 Å². The van der Waals surface area contributed by atoms with Crippen molar-refractivity contribution in [1.82, 2.24) is 4.98 Å². The van der Waals surface area contributed by atoms with E-state index >= 15 is 0 Å². The number of rotatable bonds is 7. The van der Waals surface area contributed by atoms with E-state index in [2.05, 4.69) is 22.4 Å². The summed E-state index contributed by atoms with van der Waals surface area (Å²) in [6.07, 6.45) is 3.17. The van der Waals surface area contributed by atoms with Crippen molar-refractivity contribution in [3.05, 3.63) is 46.4 Å². The van der Waals surface area contributed by atoms with Gasteiger partial charge in [-0.2, -0.15) is 0 Å². The summed E-state index contributed by atoms with van der Waals surface area (Å²) in [4.78, 5) is 7.02. The number of aliphatic hydroxyl groups excluding tert-OH is 1. The first-order chi connectivity index (χ1) is 10.9. The molecule has 5 heteroatoms. The van der Waals surface area contributed by atoms with Crippen LogP contribution in [0.15, 0.2) is 35.7 Å². The van der Waals surface area contributed by atoms with Crippen LogP contribution in [0.25, 0.3) is 0 Å². The number of anilines is 1. The molecule has 1 atom stereocenters. The summed E-state index contributed by atoms with van der Waals surface area (Å²) >= 11 is 1.70. The van der Waals surface area contributed by atoms with Gasteiger partial charge in [0.25, 0.3) is 0 Å². The SMILES string of the molecule is OCCCN(Cc1csc(C2CCCO2)n1)c1ccccc1. The van der Waals surface area contributed by atoms with Crippen molar-refractivity contribution in [2.75, 3.05) is 24.7 Å². The Morgan fingerprint density at radius 3 is 2.91 bits per heavy atom. The van der Waals surface area contributed by atoms with Gasteiger partial charge in [-0.05, 0) is 31.4 Å². The molecule has 0 radical (unpaired) electrons. The fourth-order valence-electron chi connectivity index (χ4n) is 2.71. The van der Waals surface area contributed by atoms with Gasteiger partial charge in [-0.1, -0.05) is 18.2 Å². The highest BCUT2D eigenvalue weighted by molar-refractivity contribution is 7.09. The Morgan fingerprint density at radius 2 is 2.18 bits per heavy atom. The van der Waals surface area contributed by atoms with Gasteiger partial charge in [0.05, 0.1) is 12.2 Å². The zero-order chi connectivity index (χ0) is 15.2. The number of aliphatic hydroxyl groups is 1. The number of para-hydroxylation sites is 1. The van der Waals surface area contributed by atoms with Gasteiger partial charge in [-0.15, -0.1) is 11.3 Å². The third kappa shape index (κ3) is 3.85. The highest BCUT2D eigenvalue weighted by Gasteiger charge is 2.21. The summed E-state index contributed by atoms with van der Waals surface area (Å²) in [5.41, 5.74) is 2.25. The number of hydrogen-bond donors (Lipinski definition) is 1. The normalized spacial score (nSPS) is 17.8. The van der Waals surface area contributed by atoms with Gasteiger partial charge in [-0.25, -0.2) is 4.98 Å². The van der Waals surface area contributed by atoms with Gasteiger partial charge in [0.2, 0.25) is 0 Å². The Labute approximate surface area is 135 Å². The summed E-state index contributed by atoms with van der Waals surface area (Å²) in [5, 5.41) is 12.3. The topological polar surface area (TPSA) is 45.6 Å². The lowest BCUT2D eigenvalue weighted by molar-refractivity contribution is 0.111. The first kappa shape index (κ1) is 15.5. The van der Waals surface area contributed by atoms with Crippen LogP contribution in [0, 0.1) is 0 Å². The van der Waals surface area contributed by atoms with Crippen LogP contribution in [0.3, 0.4) is 0 Å². The molecule has 0 saturated carbocycles. The minimum atomic E-state index is 0.196. The Bertz CT molecular complexity index is 567. The standard InChI is InChI=1S/C17H22N2O2S/c20-10-5-9-19(15-6-2-1-3-7-15)12-14-13-22-17(18-14)16-8-4-11-21-16/h1-3,6-7,13,16,20H,4-5,8-12H2. The van der Waals surface area contributed by atoms with Crippen molar-refractivity contribution in [2.24, 2.45) is 0 Å². The highest BCUT2D eigenvalue weighted by atomic mass is 32.1. The monoisotopic (exact) mass is 318 g/mol. The first-order valence-electron chi connectivity index (χ1n) is 7.83. The molecular formula is C17H22N2O2S. The molecule has 1 aliphatic heterocycles. The van der Waals surface area contributed by atoms with Crippen molar-refractivity contribution in [2.45, 2.75) is 31.9 Å². The minimum absolute atomic E-state index is 0.196. The average molecular weight is 318 g/mol. The molecule has 0 spiro atoms. The molecule has 1 saturated heterocycles. The van der Waals surface area contributed by atoms with Crippen LogP contribution >= 0.6 is 11.3 Å². The molecule has 3 rings (SSSR count). The summed E-state index contributed by atoms with van der Waals surface area (Å²) in [7, 11) is 0. The van der Waals surface area contributed by atoms with E-state index in [4.69, 9.17) is 14.8 Å². The van der Waals surface area contributed by atoms with Crippen LogP contribution in [0.2, 0.25) is 0 Å². The molecule has 1 fully saturated rings. The molecule has 0 aliphatic carbocycles. The molecule has 0 amide bonds. The predicted molar refractivity (Wildman–Crippen MR) is 89.2 cm³/mol. The summed E-state index contributed by atoms with van der Waals surface area (Å²) in [6, 6.07) is 10.3. The van der Waals surface area contributed by atoms with Crippen molar-refractivity contribution >= 4 is 17.0 Å². The first-order valence-corrected chi connectivity index (χ1v) is 8.71. The Kier molecular flexibility index (Phi) is 5.43. The number of thiazole rings is 1. The largest absolute Gasteiger partial charge is 0.396 e. The molecular weight excluding hydrogens is 296 g/mol. The van der Waals surface area contributed by atoms with Crippen molar-refractivity contribution < 1.29 is 9.84 Å². The molecule has 1 N–H and O–H groups in total. The van der Waals surface area contributed by atoms with E-state index in [9.17, 15) is 0 Å². The van der Waals surface area contributed by atoms with Crippen molar-refractivity contribution in [3.63, 3.8) is 0 Å². The molecule has 4 nitrogen and oxygen atoms in total. The van der Waals surface area contributed by atoms with E-state index in [-0.39, 0.29) is 12.7 Å². The zero-order valence-corrected chi connectivity index (χ0v) is 13.5. The van der Waals surface area contributed by atoms with Crippen LogP contribution in [0.4, 0.5) is 5.69 Å².